The molecule has 5 heteroatoms. The van der Waals surface area contributed by atoms with E-state index in [0.29, 0.717) is 12.1 Å². The molecule has 2 rings (SSSR count). The van der Waals surface area contributed by atoms with Gasteiger partial charge in [-0.15, -0.1) is 0 Å². The summed E-state index contributed by atoms with van der Waals surface area (Å²) in [6.07, 6.45) is 4.68. The van der Waals surface area contributed by atoms with Crippen LogP contribution in [0.2, 0.25) is 0 Å². The number of aliphatic hydroxyl groups excluding tert-OH is 1. The van der Waals surface area contributed by atoms with Crippen molar-refractivity contribution in [2.45, 2.75) is 32.2 Å². The minimum atomic E-state index is -0.411. The normalized spacial score (nSPS) is 14.3. The molecule has 2 aromatic rings. The fourth-order valence-corrected chi connectivity index (χ4v) is 2.07. The third-order valence-corrected chi connectivity index (χ3v) is 3.55. The van der Waals surface area contributed by atoms with Gasteiger partial charge in [-0.25, -0.2) is 0 Å². The molecular formula is C14H19N3O2. The molecule has 0 bridgehead atoms. The minimum absolute atomic E-state index is 0.0480. The lowest BCUT2D eigenvalue weighted by Gasteiger charge is -2.28. The van der Waals surface area contributed by atoms with E-state index < -0.39 is 5.54 Å². The second-order valence-corrected chi connectivity index (χ2v) is 4.94. The predicted octanol–water partition coefficient (Wildman–Crippen LogP) is 1.84. The Hall–Kier alpha value is -1.88. The molecule has 0 fully saturated rings. The van der Waals surface area contributed by atoms with Crippen molar-refractivity contribution in [1.29, 1.82) is 0 Å². The number of carbonyl (C=O) groups is 1. The minimum Gasteiger partial charge on any atom is -0.396 e. The number of hydrogen-bond donors (Lipinski definition) is 3. The maximum absolute atomic E-state index is 12.3. The summed E-state index contributed by atoms with van der Waals surface area (Å²) in [5.41, 5.74) is 0.892. The summed E-state index contributed by atoms with van der Waals surface area (Å²) < 4.78 is 0. The molecule has 0 radical (unpaired) electrons. The van der Waals surface area contributed by atoms with Crippen molar-refractivity contribution in [3.63, 3.8) is 0 Å². The van der Waals surface area contributed by atoms with E-state index in [0.717, 1.165) is 17.3 Å². The van der Waals surface area contributed by atoms with E-state index in [2.05, 4.69) is 15.3 Å². The average molecular weight is 261 g/mol. The zero-order valence-electron chi connectivity index (χ0n) is 11.2. The van der Waals surface area contributed by atoms with Crippen LogP contribution < -0.4 is 5.32 Å². The number of nitrogens with one attached hydrogen (secondary N) is 2. The zero-order valence-corrected chi connectivity index (χ0v) is 11.2. The molecule has 0 saturated heterocycles. The molecule has 0 aliphatic heterocycles. The smallest absolute Gasteiger partial charge is 0.271 e. The van der Waals surface area contributed by atoms with Gasteiger partial charge in [0.25, 0.3) is 5.91 Å². The zero-order chi connectivity index (χ0) is 13.9. The Balaban J connectivity index is 2.27. The summed E-state index contributed by atoms with van der Waals surface area (Å²) >= 11 is 0. The van der Waals surface area contributed by atoms with E-state index in [9.17, 15) is 4.79 Å². The number of carbonyl (C=O) groups excluding carboxylic acids is 1. The van der Waals surface area contributed by atoms with Gasteiger partial charge in [0, 0.05) is 35.4 Å². The quantitative estimate of drug-likeness (QED) is 0.768. The third-order valence-electron chi connectivity index (χ3n) is 3.55. The standard InChI is InChI=1S/C14H19N3O2/c1-3-14(2,6-9-18)17-13(19)12-10-4-7-15-11(10)5-8-16-12/h4-5,7-8,15,18H,3,6,9H2,1-2H3,(H,17,19). The number of amides is 1. The number of nitrogens with zero attached hydrogens (tertiary/aromatic N) is 1. The third kappa shape index (κ3) is 2.76. The van der Waals surface area contributed by atoms with Crippen molar-refractivity contribution in [2.75, 3.05) is 6.61 Å². The first kappa shape index (κ1) is 13.5. The molecule has 0 aliphatic carbocycles. The fourth-order valence-electron chi connectivity index (χ4n) is 2.07. The van der Waals surface area contributed by atoms with Crippen LogP contribution in [-0.4, -0.2) is 33.1 Å². The highest BCUT2D eigenvalue weighted by atomic mass is 16.3. The van der Waals surface area contributed by atoms with Gasteiger partial charge < -0.3 is 15.4 Å². The van der Waals surface area contributed by atoms with Gasteiger partial charge in [-0.3, -0.25) is 9.78 Å². The summed E-state index contributed by atoms with van der Waals surface area (Å²) in [6.45, 7) is 3.96. The first-order chi connectivity index (χ1) is 9.09. The van der Waals surface area contributed by atoms with Gasteiger partial charge in [-0.05, 0) is 31.9 Å². The lowest BCUT2D eigenvalue weighted by molar-refractivity contribution is 0.0883. The second-order valence-electron chi connectivity index (χ2n) is 4.94. The van der Waals surface area contributed by atoms with Crippen LogP contribution in [0.4, 0.5) is 0 Å². The van der Waals surface area contributed by atoms with E-state index in [1.165, 1.54) is 0 Å². The molecule has 1 atom stereocenters. The van der Waals surface area contributed by atoms with Crippen molar-refractivity contribution < 1.29 is 9.90 Å². The van der Waals surface area contributed by atoms with Crippen molar-refractivity contribution in [1.82, 2.24) is 15.3 Å². The summed E-state index contributed by atoms with van der Waals surface area (Å²) in [7, 11) is 0. The first-order valence-electron chi connectivity index (χ1n) is 6.45. The van der Waals surface area contributed by atoms with Gasteiger partial charge in [0.1, 0.15) is 5.69 Å². The largest absolute Gasteiger partial charge is 0.396 e. The Morgan fingerprint density at radius 1 is 1.53 bits per heavy atom. The molecular weight excluding hydrogens is 242 g/mol. The number of pyridine rings is 1. The molecule has 3 N–H and O–H groups in total. The van der Waals surface area contributed by atoms with Crippen molar-refractivity contribution in [2.24, 2.45) is 0 Å². The van der Waals surface area contributed by atoms with Gasteiger partial charge in [0.2, 0.25) is 0 Å². The average Bonchev–Trinajstić information content (AvgIpc) is 2.86. The number of aromatic amines is 1. The molecule has 0 aromatic carbocycles. The Morgan fingerprint density at radius 2 is 2.32 bits per heavy atom. The van der Waals surface area contributed by atoms with Gasteiger partial charge in [-0.2, -0.15) is 0 Å². The van der Waals surface area contributed by atoms with Crippen LogP contribution in [0.3, 0.4) is 0 Å². The molecule has 1 amide bonds. The lowest BCUT2D eigenvalue weighted by atomic mass is 9.94. The van der Waals surface area contributed by atoms with Crippen molar-refractivity contribution >= 4 is 16.8 Å². The number of hydrogen-bond acceptors (Lipinski definition) is 3. The van der Waals surface area contributed by atoms with Crippen LogP contribution in [0.5, 0.6) is 0 Å². The highest BCUT2D eigenvalue weighted by molar-refractivity contribution is 6.04. The van der Waals surface area contributed by atoms with Gasteiger partial charge in [-0.1, -0.05) is 6.92 Å². The molecule has 0 spiro atoms. The van der Waals surface area contributed by atoms with E-state index in [1.54, 1.807) is 12.4 Å². The Kier molecular flexibility index (Phi) is 3.85. The van der Waals surface area contributed by atoms with E-state index in [1.807, 2.05) is 26.0 Å². The van der Waals surface area contributed by atoms with Crippen molar-refractivity contribution in [3.05, 3.63) is 30.2 Å². The number of aromatic nitrogens is 2. The fraction of sp³-hybridized carbons (Fsp3) is 0.429. The topological polar surface area (TPSA) is 78.0 Å². The van der Waals surface area contributed by atoms with Crippen LogP contribution in [0.1, 0.15) is 37.2 Å². The van der Waals surface area contributed by atoms with Gasteiger partial charge in [0.05, 0.1) is 0 Å². The maximum atomic E-state index is 12.3. The van der Waals surface area contributed by atoms with E-state index in [4.69, 9.17) is 5.11 Å². The highest BCUT2D eigenvalue weighted by Gasteiger charge is 2.25. The molecule has 5 nitrogen and oxygen atoms in total. The molecule has 19 heavy (non-hydrogen) atoms. The van der Waals surface area contributed by atoms with Gasteiger partial charge >= 0.3 is 0 Å². The SMILES string of the molecule is CCC(C)(CCO)NC(=O)c1nccc2[nH]ccc12. The lowest BCUT2D eigenvalue weighted by Crippen LogP contribution is -2.46. The second kappa shape index (κ2) is 5.40. The van der Waals surface area contributed by atoms with Crippen LogP contribution in [0.25, 0.3) is 10.9 Å². The number of H-pyrrole nitrogens is 1. The summed E-state index contributed by atoms with van der Waals surface area (Å²) in [5, 5.41) is 12.9. The van der Waals surface area contributed by atoms with E-state index >= 15 is 0 Å². The Bertz CT molecular complexity index is 579. The molecule has 102 valence electrons. The van der Waals surface area contributed by atoms with Crippen LogP contribution in [0.15, 0.2) is 24.5 Å². The van der Waals surface area contributed by atoms with Gasteiger partial charge in [0.15, 0.2) is 0 Å². The number of aliphatic hydroxyl groups is 1. The monoisotopic (exact) mass is 261 g/mol. The molecule has 0 saturated carbocycles. The highest BCUT2D eigenvalue weighted by Crippen LogP contribution is 2.18. The van der Waals surface area contributed by atoms with E-state index in [-0.39, 0.29) is 12.5 Å². The molecule has 2 heterocycles. The molecule has 0 aliphatic rings. The number of fused-ring (bicyclic) bond motifs is 1. The van der Waals surface area contributed by atoms with Crippen molar-refractivity contribution in [3.8, 4) is 0 Å². The Morgan fingerprint density at radius 3 is 3.00 bits per heavy atom. The summed E-state index contributed by atoms with van der Waals surface area (Å²) in [5.74, 6) is -0.206. The van der Waals surface area contributed by atoms with Crippen LogP contribution in [-0.2, 0) is 0 Å². The van der Waals surface area contributed by atoms with Crippen LogP contribution >= 0.6 is 0 Å². The van der Waals surface area contributed by atoms with Crippen LogP contribution in [0, 0.1) is 0 Å². The number of rotatable bonds is 5. The summed E-state index contributed by atoms with van der Waals surface area (Å²) in [6, 6.07) is 3.67. The first-order valence-corrected chi connectivity index (χ1v) is 6.45. The Labute approximate surface area is 112 Å². The maximum Gasteiger partial charge on any atom is 0.271 e. The molecule has 2 aromatic heterocycles. The molecule has 1 unspecified atom stereocenters. The predicted molar refractivity (Wildman–Crippen MR) is 74.0 cm³/mol. The summed E-state index contributed by atoms with van der Waals surface area (Å²) in [4.78, 5) is 19.6.